The molecule has 5 heteroatoms. The van der Waals surface area contributed by atoms with Gasteiger partial charge >= 0.3 is 5.97 Å². The van der Waals surface area contributed by atoms with E-state index in [9.17, 15) is 14.0 Å². The van der Waals surface area contributed by atoms with Crippen molar-refractivity contribution in [2.45, 2.75) is 12.8 Å². The molecule has 0 N–H and O–H groups in total. The van der Waals surface area contributed by atoms with Gasteiger partial charge in [-0.05, 0) is 18.2 Å². The summed E-state index contributed by atoms with van der Waals surface area (Å²) in [7, 11) is 1.24. The summed E-state index contributed by atoms with van der Waals surface area (Å²) in [6.45, 7) is 0. The Balaban J connectivity index is 2.73. The topological polar surface area (TPSA) is 43.4 Å². The van der Waals surface area contributed by atoms with Gasteiger partial charge in [0.15, 0.2) is 5.78 Å². The fraction of sp³-hybridized carbons (Fsp3) is 0.273. The van der Waals surface area contributed by atoms with E-state index in [4.69, 9.17) is 0 Å². The molecule has 0 bridgehead atoms. The summed E-state index contributed by atoms with van der Waals surface area (Å²) in [4.78, 5) is 22.4. The molecule has 1 rings (SSSR count). The maximum absolute atomic E-state index is 13.3. The highest BCUT2D eigenvalue weighted by molar-refractivity contribution is 9.10. The molecule has 86 valence electrons. The second-order valence-corrected chi connectivity index (χ2v) is 4.04. The summed E-state index contributed by atoms with van der Waals surface area (Å²) < 4.78 is 18.3. The van der Waals surface area contributed by atoms with Gasteiger partial charge in [-0.2, -0.15) is 0 Å². The SMILES string of the molecule is COC(=O)CCC(=O)c1cc(Br)ccc1F. The Bertz CT molecular complexity index is 418. The highest BCUT2D eigenvalue weighted by Crippen LogP contribution is 2.17. The first-order valence-electron chi connectivity index (χ1n) is 4.59. The van der Waals surface area contributed by atoms with Crippen LogP contribution in [0.4, 0.5) is 4.39 Å². The lowest BCUT2D eigenvalue weighted by atomic mass is 10.1. The Kier molecular flexibility index (Phi) is 4.61. The molecule has 0 amide bonds. The number of ketones is 1. The number of Topliss-reactive ketones (excluding diaryl/α,β-unsaturated/α-hetero) is 1. The highest BCUT2D eigenvalue weighted by atomic mass is 79.9. The van der Waals surface area contributed by atoms with E-state index in [2.05, 4.69) is 20.7 Å². The van der Waals surface area contributed by atoms with E-state index < -0.39 is 17.6 Å². The van der Waals surface area contributed by atoms with Gasteiger partial charge in [0.2, 0.25) is 0 Å². The van der Waals surface area contributed by atoms with Crippen molar-refractivity contribution < 1.29 is 18.7 Å². The second kappa shape index (κ2) is 5.75. The fourth-order valence-electron chi connectivity index (χ4n) is 1.16. The van der Waals surface area contributed by atoms with Crippen molar-refractivity contribution in [1.29, 1.82) is 0 Å². The quantitative estimate of drug-likeness (QED) is 0.632. The monoisotopic (exact) mass is 288 g/mol. The van der Waals surface area contributed by atoms with Gasteiger partial charge in [0.25, 0.3) is 0 Å². The molecule has 0 aliphatic heterocycles. The first-order chi connectivity index (χ1) is 7.54. The molecule has 0 radical (unpaired) electrons. The minimum Gasteiger partial charge on any atom is -0.469 e. The average Bonchev–Trinajstić information content (AvgIpc) is 2.28. The predicted molar refractivity (Wildman–Crippen MR) is 59.7 cm³/mol. The van der Waals surface area contributed by atoms with Gasteiger partial charge in [-0.3, -0.25) is 9.59 Å². The molecule has 1 aromatic rings. The molecule has 0 aliphatic rings. The van der Waals surface area contributed by atoms with Gasteiger partial charge < -0.3 is 4.74 Å². The normalized spacial score (nSPS) is 9.94. The maximum Gasteiger partial charge on any atom is 0.305 e. The van der Waals surface area contributed by atoms with Gasteiger partial charge in [0, 0.05) is 10.9 Å². The zero-order valence-electron chi connectivity index (χ0n) is 8.63. The van der Waals surface area contributed by atoms with Crippen LogP contribution in [-0.2, 0) is 9.53 Å². The minimum atomic E-state index is -0.585. The third-order valence-electron chi connectivity index (χ3n) is 2.01. The smallest absolute Gasteiger partial charge is 0.305 e. The van der Waals surface area contributed by atoms with Crippen molar-refractivity contribution in [1.82, 2.24) is 0 Å². The van der Waals surface area contributed by atoms with Crippen molar-refractivity contribution in [3.05, 3.63) is 34.1 Å². The van der Waals surface area contributed by atoms with Gasteiger partial charge in [-0.15, -0.1) is 0 Å². The maximum atomic E-state index is 13.3. The number of methoxy groups -OCH3 is 1. The number of ether oxygens (including phenoxy) is 1. The van der Waals surface area contributed by atoms with Crippen molar-refractivity contribution in [3.8, 4) is 0 Å². The summed E-state index contributed by atoms with van der Waals surface area (Å²) in [5.74, 6) is -1.48. The highest BCUT2D eigenvalue weighted by Gasteiger charge is 2.13. The largest absolute Gasteiger partial charge is 0.469 e. The summed E-state index contributed by atoms with van der Waals surface area (Å²) in [6.07, 6.45) is -0.0959. The minimum absolute atomic E-state index is 0.0155. The molecule has 3 nitrogen and oxygen atoms in total. The molecular formula is C11H10BrFO3. The lowest BCUT2D eigenvalue weighted by Gasteiger charge is -2.02. The molecule has 0 fully saturated rings. The predicted octanol–water partition coefficient (Wildman–Crippen LogP) is 2.72. The molecule has 0 aromatic heterocycles. The van der Waals surface area contributed by atoms with Crippen molar-refractivity contribution >= 4 is 27.7 Å². The van der Waals surface area contributed by atoms with E-state index in [0.29, 0.717) is 4.47 Å². The number of benzene rings is 1. The van der Waals surface area contributed by atoms with E-state index in [1.54, 1.807) is 0 Å². The number of hydrogen-bond acceptors (Lipinski definition) is 3. The van der Waals surface area contributed by atoms with Crippen LogP contribution in [-0.4, -0.2) is 18.9 Å². The van der Waals surface area contributed by atoms with E-state index in [1.807, 2.05) is 0 Å². The van der Waals surface area contributed by atoms with Crippen LogP contribution >= 0.6 is 15.9 Å². The van der Waals surface area contributed by atoms with Crippen LogP contribution in [0.15, 0.2) is 22.7 Å². The molecular weight excluding hydrogens is 279 g/mol. The molecule has 0 atom stereocenters. The molecule has 0 unspecified atom stereocenters. The molecule has 0 spiro atoms. The van der Waals surface area contributed by atoms with Crippen LogP contribution in [0.5, 0.6) is 0 Å². The molecule has 0 saturated heterocycles. The zero-order chi connectivity index (χ0) is 12.1. The molecule has 0 heterocycles. The Hall–Kier alpha value is -1.23. The molecule has 0 saturated carbocycles. The van der Waals surface area contributed by atoms with Gasteiger partial charge in [-0.1, -0.05) is 15.9 Å². The van der Waals surface area contributed by atoms with Crippen LogP contribution in [0.1, 0.15) is 23.2 Å². The van der Waals surface area contributed by atoms with Gasteiger partial charge in [0.1, 0.15) is 5.82 Å². The Morgan fingerprint density at radius 3 is 2.69 bits per heavy atom. The average molecular weight is 289 g/mol. The van der Waals surface area contributed by atoms with Gasteiger partial charge in [0.05, 0.1) is 19.1 Å². The number of esters is 1. The molecule has 0 aliphatic carbocycles. The molecule has 16 heavy (non-hydrogen) atoms. The summed E-state index contributed by atoms with van der Waals surface area (Å²) in [6, 6.07) is 4.11. The van der Waals surface area contributed by atoms with Crippen LogP contribution in [0.25, 0.3) is 0 Å². The summed E-state index contributed by atoms with van der Waals surface area (Å²) in [5.41, 5.74) is -0.0155. The Morgan fingerprint density at radius 1 is 1.38 bits per heavy atom. The van der Waals surface area contributed by atoms with Crippen molar-refractivity contribution in [2.75, 3.05) is 7.11 Å². The lowest BCUT2D eigenvalue weighted by molar-refractivity contribution is -0.140. The van der Waals surface area contributed by atoms with E-state index in [0.717, 1.165) is 0 Å². The van der Waals surface area contributed by atoms with Crippen molar-refractivity contribution in [2.24, 2.45) is 0 Å². The number of rotatable bonds is 4. The van der Waals surface area contributed by atoms with Crippen LogP contribution in [0.2, 0.25) is 0 Å². The van der Waals surface area contributed by atoms with Crippen LogP contribution < -0.4 is 0 Å². The van der Waals surface area contributed by atoms with E-state index in [-0.39, 0.29) is 18.4 Å². The Labute approximate surface area is 101 Å². The fourth-order valence-corrected chi connectivity index (χ4v) is 1.52. The Morgan fingerprint density at radius 2 is 2.06 bits per heavy atom. The molecule has 1 aromatic carbocycles. The first-order valence-corrected chi connectivity index (χ1v) is 5.39. The van der Waals surface area contributed by atoms with E-state index in [1.165, 1.54) is 25.3 Å². The zero-order valence-corrected chi connectivity index (χ0v) is 10.2. The third kappa shape index (κ3) is 3.41. The third-order valence-corrected chi connectivity index (χ3v) is 2.51. The number of carbonyl (C=O) groups is 2. The van der Waals surface area contributed by atoms with Crippen LogP contribution in [0, 0.1) is 5.82 Å². The van der Waals surface area contributed by atoms with Crippen molar-refractivity contribution in [3.63, 3.8) is 0 Å². The summed E-state index contributed by atoms with van der Waals surface area (Å²) >= 11 is 3.15. The first kappa shape index (κ1) is 12.8. The standard InChI is InChI=1S/C11H10BrFO3/c1-16-11(15)5-4-10(14)8-6-7(12)2-3-9(8)13/h2-3,6H,4-5H2,1H3. The van der Waals surface area contributed by atoms with Crippen LogP contribution in [0.3, 0.4) is 0 Å². The van der Waals surface area contributed by atoms with E-state index >= 15 is 0 Å². The second-order valence-electron chi connectivity index (χ2n) is 3.12. The number of carbonyl (C=O) groups excluding carboxylic acids is 2. The van der Waals surface area contributed by atoms with Gasteiger partial charge in [-0.25, -0.2) is 4.39 Å². The summed E-state index contributed by atoms with van der Waals surface area (Å²) in [5, 5.41) is 0. The number of halogens is 2. The number of hydrogen-bond donors (Lipinski definition) is 0. The lowest BCUT2D eigenvalue weighted by Crippen LogP contribution is -2.07.